The van der Waals surface area contributed by atoms with Crippen LogP contribution in [0.4, 0.5) is 14.7 Å². The molecule has 5 heterocycles. The second-order valence-corrected chi connectivity index (χ2v) is 12.3. The fraction of sp³-hybridized carbons (Fsp3) is 0.552. The SMILES string of the molecule is CC1CCC(Cn2c(N3CCO[C@H](CC(C)(F)F)[C@H]3C)nc3cc(-c4noc(=O)[nH]4)nc(-c4cncc(Cl)c4)c32)CC1. The standard InChI is InChI=1S/C29H34ClF2N7O3/c1-16-4-6-18(7-5-16)15-39-25-21(35-27(39)38-8-9-41-23(17(38)2)12-29(3,31)32)11-22(26-36-28(40)42-37-26)34-24(25)19-10-20(30)14-33-13-19/h10-11,13-14,16-18,23H,4-9,12,15H2,1-3H3,(H,36,37,40)/t16?,17-,18?,23-/m1/s1. The third kappa shape index (κ3) is 5.92. The van der Waals surface area contributed by atoms with E-state index >= 15 is 0 Å². The van der Waals surface area contributed by atoms with Gasteiger partial charge in [0.15, 0.2) is 0 Å². The maximum absolute atomic E-state index is 14.1. The molecule has 0 spiro atoms. The lowest BCUT2D eigenvalue weighted by atomic mass is 9.83. The molecule has 1 saturated heterocycles. The zero-order valence-corrected chi connectivity index (χ0v) is 24.6. The van der Waals surface area contributed by atoms with Crippen LogP contribution >= 0.6 is 11.6 Å². The van der Waals surface area contributed by atoms with Gasteiger partial charge in [-0.2, -0.15) is 0 Å². The maximum Gasteiger partial charge on any atom is 0.439 e. The minimum Gasteiger partial charge on any atom is -0.374 e. The summed E-state index contributed by atoms with van der Waals surface area (Å²) in [6.07, 6.45) is 6.67. The van der Waals surface area contributed by atoms with Gasteiger partial charge in [-0.05, 0) is 50.7 Å². The lowest BCUT2D eigenvalue weighted by Gasteiger charge is -2.41. The van der Waals surface area contributed by atoms with Gasteiger partial charge in [0, 0.05) is 37.5 Å². The molecule has 13 heteroatoms. The summed E-state index contributed by atoms with van der Waals surface area (Å²) >= 11 is 6.36. The van der Waals surface area contributed by atoms with Crippen LogP contribution in [-0.2, 0) is 11.3 Å². The van der Waals surface area contributed by atoms with Crippen molar-refractivity contribution in [2.45, 2.75) is 77.5 Å². The van der Waals surface area contributed by atoms with E-state index in [4.69, 9.17) is 30.8 Å². The van der Waals surface area contributed by atoms with Crippen LogP contribution in [0.1, 0.15) is 52.9 Å². The summed E-state index contributed by atoms with van der Waals surface area (Å²) in [6, 6.07) is 3.19. The molecule has 42 heavy (non-hydrogen) atoms. The van der Waals surface area contributed by atoms with Gasteiger partial charge in [0.05, 0.1) is 40.5 Å². The summed E-state index contributed by atoms with van der Waals surface area (Å²) in [7, 11) is 0. The van der Waals surface area contributed by atoms with Crippen LogP contribution in [0.5, 0.6) is 0 Å². The second kappa shape index (κ2) is 11.4. The van der Waals surface area contributed by atoms with Gasteiger partial charge in [0.1, 0.15) is 5.69 Å². The molecular weight excluding hydrogens is 568 g/mol. The van der Waals surface area contributed by atoms with Crippen molar-refractivity contribution >= 4 is 28.6 Å². The van der Waals surface area contributed by atoms with E-state index in [0.717, 1.165) is 38.1 Å². The van der Waals surface area contributed by atoms with Crippen LogP contribution in [0.3, 0.4) is 0 Å². The van der Waals surface area contributed by atoms with Gasteiger partial charge in [0.2, 0.25) is 17.7 Å². The first-order valence-corrected chi connectivity index (χ1v) is 14.8. The average molecular weight is 602 g/mol. The number of H-pyrrole nitrogens is 1. The van der Waals surface area contributed by atoms with Crippen molar-refractivity contribution in [2.75, 3.05) is 18.1 Å². The molecule has 0 unspecified atom stereocenters. The predicted molar refractivity (Wildman–Crippen MR) is 155 cm³/mol. The number of morpholine rings is 1. The van der Waals surface area contributed by atoms with E-state index in [0.29, 0.717) is 65.0 Å². The number of anilines is 1. The lowest BCUT2D eigenvalue weighted by Crippen LogP contribution is -2.52. The van der Waals surface area contributed by atoms with Crippen molar-refractivity contribution in [3.8, 4) is 22.8 Å². The maximum atomic E-state index is 14.1. The van der Waals surface area contributed by atoms with E-state index in [-0.39, 0.29) is 18.3 Å². The number of ether oxygens (including phenoxy) is 1. The summed E-state index contributed by atoms with van der Waals surface area (Å²) in [5.74, 6) is -1.61. The van der Waals surface area contributed by atoms with Gasteiger partial charge in [-0.15, -0.1) is 0 Å². The summed E-state index contributed by atoms with van der Waals surface area (Å²) in [6.45, 7) is 6.63. The molecule has 2 aliphatic rings. The van der Waals surface area contributed by atoms with Crippen LogP contribution in [0.15, 0.2) is 33.8 Å². The van der Waals surface area contributed by atoms with Crippen molar-refractivity contribution in [2.24, 2.45) is 11.8 Å². The second-order valence-electron chi connectivity index (χ2n) is 11.8. The Balaban J connectivity index is 1.54. The third-order valence-corrected chi connectivity index (χ3v) is 8.66. The summed E-state index contributed by atoms with van der Waals surface area (Å²) < 4.78 is 41.0. The average Bonchev–Trinajstić information content (AvgIpc) is 3.53. The lowest BCUT2D eigenvalue weighted by molar-refractivity contribution is -0.0695. The number of hydrogen-bond donors (Lipinski definition) is 1. The minimum absolute atomic E-state index is 0.167. The van der Waals surface area contributed by atoms with E-state index in [9.17, 15) is 13.6 Å². The molecule has 1 aliphatic carbocycles. The van der Waals surface area contributed by atoms with E-state index in [1.54, 1.807) is 24.5 Å². The number of nitrogens with one attached hydrogen (secondary N) is 1. The van der Waals surface area contributed by atoms with Crippen molar-refractivity contribution in [3.63, 3.8) is 0 Å². The van der Waals surface area contributed by atoms with Crippen LogP contribution < -0.4 is 10.7 Å². The number of aromatic nitrogens is 6. The van der Waals surface area contributed by atoms with Crippen LogP contribution in [-0.4, -0.2) is 60.9 Å². The Hall–Kier alpha value is -3.38. The minimum atomic E-state index is -2.86. The molecule has 0 aromatic carbocycles. The topological polar surface area (TPSA) is 115 Å². The van der Waals surface area contributed by atoms with Crippen molar-refractivity contribution < 1.29 is 18.0 Å². The number of nitrogens with zero attached hydrogens (tertiary/aromatic N) is 6. The Morgan fingerprint density at radius 2 is 1.93 bits per heavy atom. The number of aromatic amines is 1. The highest BCUT2D eigenvalue weighted by molar-refractivity contribution is 6.30. The highest BCUT2D eigenvalue weighted by atomic mass is 35.5. The van der Waals surface area contributed by atoms with Gasteiger partial charge in [-0.1, -0.05) is 36.5 Å². The fourth-order valence-electron chi connectivity index (χ4n) is 6.22. The number of alkyl halides is 2. The number of halogens is 3. The Labute approximate surface area is 246 Å². The van der Waals surface area contributed by atoms with Gasteiger partial charge in [-0.3, -0.25) is 14.5 Å². The molecule has 6 rings (SSSR count). The molecule has 2 fully saturated rings. The van der Waals surface area contributed by atoms with E-state index in [1.165, 1.54) is 0 Å². The molecule has 224 valence electrons. The van der Waals surface area contributed by atoms with E-state index in [1.807, 2.05) is 6.92 Å². The molecule has 4 aromatic heterocycles. The van der Waals surface area contributed by atoms with Crippen LogP contribution in [0.2, 0.25) is 5.02 Å². The van der Waals surface area contributed by atoms with Crippen molar-refractivity contribution in [3.05, 3.63) is 40.1 Å². The fourth-order valence-corrected chi connectivity index (χ4v) is 6.40. The highest BCUT2D eigenvalue weighted by Gasteiger charge is 2.38. The molecular formula is C29H34ClF2N7O3. The molecule has 0 amide bonds. The van der Waals surface area contributed by atoms with Gasteiger partial charge < -0.3 is 14.2 Å². The first-order chi connectivity index (χ1) is 20.1. The molecule has 10 nitrogen and oxygen atoms in total. The Morgan fingerprint density at radius 3 is 2.62 bits per heavy atom. The predicted octanol–water partition coefficient (Wildman–Crippen LogP) is 5.96. The smallest absolute Gasteiger partial charge is 0.374 e. The Bertz CT molecular complexity index is 1620. The van der Waals surface area contributed by atoms with E-state index in [2.05, 4.69) is 31.5 Å². The first-order valence-electron chi connectivity index (χ1n) is 14.4. The monoisotopic (exact) mass is 601 g/mol. The van der Waals surface area contributed by atoms with Crippen LogP contribution in [0, 0.1) is 11.8 Å². The molecule has 2 atom stereocenters. The van der Waals surface area contributed by atoms with Crippen LogP contribution in [0.25, 0.3) is 33.8 Å². The highest BCUT2D eigenvalue weighted by Crippen LogP contribution is 2.38. The first kappa shape index (κ1) is 28.7. The molecule has 1 saturated carbocycles. The third-order valence-electron chi connectivity index (χ3n) is 8.45. The largest absolute Gasteiger partial charge is 0.439 e. The Kier molecular flexibility index (Phi) is 7.77. The van der Waals surface area contributed by atoms with Gasteiger partial charge in [-0.25, -0.2) is 23.5 Å². The number of hydrogen-bond acceptors (Lipinski definition) is 8. The van der Waals surface area contributed by atoms with Gasteiger partial charge >= 0.3 is 5.76 Å². The number of pyridine rings is 2. The molecule has 0 bridgehead atoms. The Morgan fingerprint density at radius 1 is 1.14 bits per heavy atom. The van der Waals surface area contributed by atoms with E-state index < -0.39 is 17.8 Å². The van der Waals surface area contributed by atoms with Crippen molar-refractivity contribution in [1.82, 2.24) is 29.7 Å². The van der Waals surface area contributed by atoms with Gasteiger partial charge in [0.25, 0.3) is 0 Å². The van der Waals surface area contributed by atoms with Crippen molar-refractivity contribution in [1.29, 1.82) is 0 Å². The summed E-state index contributed by atoms with van der Waals surface area (Å²) in [4.78, 5) is 30.7. The molecule has 0 radical (unpaired) electrons. The zero-order valence-electron chi connectivity index (χ0n) is 23.8. The molecule has 1 aliphatic heterocycles. The normalized spacial score (nSPS) is 23.5. The summed E-state index contributed by atoms with van der Waals surface area (Å²) in [5.41, 5.74) is 3.00. The zero-order chi connectivity index (χ0) is 29.6. The summed E-state index contributed by atoms with van der Waals surface area (Å²) in [5, 5.41) is 4.29. The number of fused-ring (bicyclic) bond motifs is 1. The molecule has 4 aromatic rings. The number of rotatable bonds is 7. The number of imidazole rings is 1. The quantitative estimate of drug-likeness (QED) is 0.276. The molecule has 1 N–H and O–H groups in total.